The standard InChI is InChI=1S/C18H18BrN5O2/c19-12-9-21-18(22-10-12)24-7-5-23(6-8-24)16(17(25)26)14-11-20-15-4-2-1-3-13(14)15/h1-4,9-11,16,20H,5-8H2,(H,25,26). The van der Waals surface area contributed by atoms with Gasteiger partial charge in [-0.15, -0.1) is 0 Å². The SMILES string of the molecule is O=C(O)C(c1c[nH]c2ccccc12)N1CCN(c2ncc(Br)cn2)CC1. The van der Waals surface area contributed by atoms with Crippen molar-refractivity contribution in [1.29, 1.82) is 0 Å². The molecule has 1 unspecified atom stereocenters. The van der Waals surface area contributed by atoms with Crippen LogP contribution in [0.1, 0.15) is 11.6 Å². The first-order chi connectivity index (χ1) is 12.6. The fourth-order valence-corrected chi connectivity index (χ4v) is 3.66. The van der Waals surface area contributed by atoms with Crippen molar-refractivity contribution < 1.29 is 9.90 Å². The quantitative estimate of drug-likeness (QED) is 0.681. The normalized spacial score (nSPS) is 16.7. The molecule has 4 rings (SSSR count). The van der Waals surface area contributed by atoms with E-state index in [1.54, 1.807) is 12.4 Å². The number of para-hydroxylation sites is 1. The Labute approximate surface area is 158 Å². The number of nitrogens with zero attached hydrogens (tertiary/aromatic N) is 4. The Kier molecular flexibility index (Phi) is 4.60. The van der Waals surface area contributed by atoms with Gasteiger partial charge in [0.1, 0.15) is 6.04 Å². The predicted octanol–water partition coefficient (Wildman–Crippen LogP) is 2.67. The van der Waals surface area contributed by atoms with E-state index in [-0.39, 0.29) is 0 Å². The lowest BCUT2D eigenvalue weighted by Crippen LogP contribution is -2.49. The van der Waals surface area contributed by atoms with Crippen LogP contribution in [-0.4, -0.2) is 57.1 Å². The number of piperazine rings is 1. The van der Waals surface area contributed by atoms with E-state index in [9.17, 15) is 9.90 Å². The molecule has 1 atom stereocenters. The van der Waals surface area contributed by atoms with Crippen LogP contribution in [0, 0.1) is 0 Å². The van der Waals surface area contributed by atoms with Gasteiger partial charge in [0.15, 0.2) is 0 Å². The number of carboxylic acid groups (broad SMARTS) is 1. The van der Waals surface area contributed by atoms with Crippen LogP contribution in [0.5, 0.6) is 0 Å². The summed E-state index contributed by atoms with van der Waals surface area (Å²) in [6.45, 7) is 2.65. The van der Waals surface area contributed by atoms with Gasteiger partial charge >= 0.3 is 5.97 Å². The first kappa shape index (κ1) is 17.0. The minimum atomic E-state index is -0.830. The Bertz CT molecular complexity index is 919. The predicted molar refractivity (Wildman–Crippen MR) is 102 cm³/mol. The molecule has 3 aromatic rings. The summed E-state index contributed by atoms with van der Waals surface area (Å²) in [5, 5.41) is 10.8. The molecule has 0 amide bonds. The molecule has 1 aromatic carbocycles. The van der Waals surface area contributed by atoms with Crippen LogP contribution in [0.15, 0.2) is 47.3 Å². The third kappa shape index (κ3) is 3.17. The minimum Gasteiger partial charge on any atom is -0.480 e. The van der Waals surface area contributed by atoms with Crippen LogP contribution in [0.4, 0.5) is 5.95 Å². The smallest absolute Gasteiger partial charge is 0.325 e. The highest BCUT2D eigenvalue weighted by atomic mass is 79.9. The molecule has 2 N–H and O–H groups in total. The first-order valence-corrected chi connectivity index (χ1v) is 9.18. The lowest BCUT2D eigenvalue weighted by atomic mass is 10.0. The number of halogens is 1. The summed E-state index contributed by atoms with van der Waals surface area (Å²) >= 11 is 3.34. The number of anilines is 1. The van der Waals surface area contributed by atoms with Gasteiger partial charge in [-0.3, -0.25) is 9.69 Å². The maximum atomic E-state index is 12.0. The molecule has 0 bridgehead atoms. The highest BCUT2D eigenvalue weighted by Gasteiger charge is 2.32. The molecule has 134 valence electrons. The summed E-state index contributed by atoms with van der Waals surface area (Å²) in [7, 11) is 0. The Hall–Kier alpha value is -2.45. The lowest BCUT2D eigenvalue weighted by molar-refractivity contribution is -0.143. The number of hydrogen-bond acceptors (Lipinski definition) is 5. The maximum Gasteiger partial charge on any atom is 0.325 e. The number of benzene rings is 1. The van der Waals surface area contributed by atoms with E-state index in [2.05, 4.69) is 35.8 Å². The molecule has 1 aliphatic heterocycles. The summed E-state index contributed by atoms with van der Waals surface area (Å²) in [5.74, 6) is -0.157. The second kappa shape index (κ2) is 7.05. The number of carboxylic acids is 1. The van der Waals surface area contributed by atoms with Crippen molar-refractivity contribution >= 4 is 38.8 Å². The third-order valence-electron chi connectivity index (χ3n) is 4.72. The molecule has 3 heterocycles. The Balaban J connectivity index is 1.54. The van der Waals surface area contributed by atoms with Crippen molar-refractivity contribution in [2.75, 3.05) is 31.1 Å². The summed E-state index contributed by atoms with van der Waals surface area (Å²) in [6.07, 6.45) is 5.26. The van der Waals surface area contributed by atoms with E-state index < -0.39 is 12.0 Å². The second-order valence-electron chi connectivity index (χ2n) is 6.25. The number of aliphatic carboxylic acids is 1. The van der Waals surface area contributed by atoms with Gasteiger partial charge in [0.2, 0.25) is 5.95 Å². The van der Waals surface area contributed by atoms with Crippen LogP contribution < -0.4 is 4.90 Å². The van der Waals surface area contributed by atoms with Crippen LogP contribution in [0.2, 0.25) is 0 Å². The van der Waals surface area contributed by atoms with Gasteiger partial charge < -0.3 is 15.0 Å². The summed E-state index contributed by atoms with van der Waals surface area (Å²) in [5.41, 5.74) is 1.76. The number of aromatic nitrogens is 3. The van der Waals surface area contributed by atoms with Crippen molar-refractivity contribution in [3.63, 3.8) is 0 Å². The van der Waals surface area contributed by atoms with Crippen molar-refractivity contribution in [2.45, 2.75) is 6.04 Å². The summed E-state index contributed by atoms with van der Waals surface area (Å²) < 4.78 is 0.838. The van der Waals surface area contributed by atoms with E-state index >= 15 is 0 Å². The average Bonchev–Trinajstić information content (AvgIpc) is 3.07. The molecule has 26 heavy (non-hydrogen) atoms. The highest BCUT2D eigenvalue weighted by molar-refractivity contribution is 9.10. The minimum absolute atomic E-state index is 0.635. The number of nitrogens with one attached hydrogen (secondary N) is 1. The van der Waals surface area contributed by atoms with Crippen LogP contribution in [0.25, 0.3) is 10.9 Å². The molecule has 0 aliphatic carbocycles. The number of H-pyrrole nitrogens is 1. The zero-order valence-corrected chi connectivity index (χ0v) is 15.6. The Morgan fingerprint density at radius 3 is 2.54 bits per heavy atom. The molecule has 0 spiro atoms. The number of rotatable bonds is 4. The van der Waals surface area contributed by atoms with Gasteiger partial charge in [0.25, 0.3) is 0 Å². The van der Waals surface area contributed by atoms with Crippen molar-refractivity contribution in [3.8, 4) is 0 Å². The van der Waals surface area contributed by atoms with Crippen molar-refractivity contribution in [3.05, 3.63) is 52.9 Å². The van der Waals surface area contributed by atoms with Crippen LogP contribution >= 0.6 is 15.9 Å². The fourth-order valence-electron chi connectivity index (χ4n) is 3.45. The number of aromatic amines is 1. The molecule has 1 aliphatic rings. The zero-order chi connectivity index (χ0) is 18.1. The zero-order valence-electron chi connectivity index (χ0n) is 14.0. The maximum absolute atomic E-state index is 12.0. The average molecular weight is 416 g/mol. The van der Waals surface area contributed by atoms with E-state index in [0.29, 0.717) is 32.1 Å². The summed E-state index contributed by atoms with van der Waals surface area (Å²) in [6, 6.07) is 7.12. The first-order valence-electron chi connectivity index (χ1n) is 8.39. The van der Waals surface area contributed by atoms with Crippen molar-refractivity contribution in [1.82, 2.24) is 19.9 Å². The van der Waals surface area contributed by atoms with E-state index in [0.717, 1.165) is 20.9 Å². The molecule has 8 heteroatoms. The second-order valence-corrected chi connectivity index (χ2v) is 7.17. The Morgan fingerprint density at radius 1 is 1.15 bits per heavy atom. The molecule has 1 saturated heterocycles. The monoisotopic (exact) mass is 415 g/mol. The largest absolute Gasteiger partial charge is 0.480 e. The number of carbonyl (C=O) groups is 1. The fraction of sp³-hybridized carbons (Fsp3) is 0.278. The Morgan fingerprint density at radius 2 is 1.85 bits per heavy atom. The molecular formula is C18H18BrN5O2. The van der Waals surface area contributed by atoms with Crippen LogP contribution in [-0.2, 0) is 4.79 Å². The molecule has 1 fully saturated rings. The van der Waals surface area contributed by atoms with Crippen LogP contribution in [0.3, 0.4) is 0 Å². The molecule has 7 nitrogen and oxygen atoms in total. The van der Waals surface area contributed by atoms with Gasteiger partial charge in [-0.2, -0.15) is 0 Å². The van der Waals surface area contributed by atoms with E-state index in [1.807, 2.05) is 35.4 Å². The number of fused-ring (bicyclic) bond motifs is 1. The molecule has 2 aromatic heterocycles. The van der Waals surface area contributed by atoms with Gasteiger partial charge in [-0.05, 0) is 22.0 Å². The van der Waals surface area contributed by atoms with Gasteiger partial charge in [-0.1, -0.05) is 18.2 Å². The topological polar surface area (TPSA) is 85.4 Å². The van der Waals surface area contributed by atoms with E-state index in [1.165, 1.54) is 0 Å². The van der Waals surface area contributed by atoms with Gasteiger partial charge in [0.05, 0.1) is 4.47 Å². The number of hydrogen-bond donors (Lipinski definition) is 2. The molecule has 0 radical (unpaired) electrons. The molecular weight excluding hydrogens is 398 g/mol. The third-order valence-corrected chi connectivity index (χ3v) is 5.13. The lowest BCUT2D eigenvalue weighted by Gasteiger charge is -2.37. The highest BCUT2D eigenvalue weighted by Crippen LogP contribution is 2.29. The van der Waals surface area contributed by atoms with Gasteiger partial charge in [-0.25, -0.2) is 9.97 Å². The van der Waals surface area contributed by atoms with Crippen molar-refractivity contribution in [2.24, 2.45) is 0 Å². The molecule has 0 saturated carbocycles. The van der Waals surface area contributed by atoms with E-state index in [4.69, 9.17) is 0 Å². The van der Waals surface area contributed by atoms with Gasteiger partial charge in [0, 0.05) is 61.2 Å². The summed E-state index contributed by atoms with van der Waals surface area (Å²) in [4.78, 5) is 27.9.